The van der Waals surface area contributed by atoms with Crippen LogP contribution < -0.4 is 0 Å². The summed E-state index contributed by atoms with van der Waals surface area (Å²) in [7, 11) is 0. The van der Waals surface area contributed by atoms with E-state index in [2.05, 4.69) is 21.0 Å². The second-order valence-electron chi connectivity index (χ2n) is 3.58. The summed E-state index contributed by atoms with van der Waals surface area (Å²) in [5, 5.41) is 10.3. The Hall–Kier alpha value is -1.38. The third kappa shape index (κ3) is 0.963. The van der Waals surface area contributed by atoms with Crippen LogP contribution in [0.3, 0.4) is 0 Å². The minimum absolute atomic E-state index is 1.16. The van der Waals surface area contributed by atoms with Crippen molar-refractivity contribution < 1.29 is 0 Å². The van der Waals surface area contributed by atoms with E-state index in [4.69, 9.17) is 0 Å². The summed E-state index contributed by atoms with van der Waals surface area (Å²) < 4.78 is 2.34. The molecule has 0 fully saturated rings. The average Bonchev–Trinajstić information content (AvgIpc) is 2.56. The van der Waals surface area contributed by atoms with Gasteiger partial charge in [0.1, 0.15) is 0 Å². The standard InChI is InChI=1S/C10H11N3/c1-2-4-13-7-8-5-11-12-6-9(8)10(13)3-1/h5-7H,1-4H2. The highest BCUT2D eigenvalue weighted by Gasteiger charge is 2.12. The lowest BCUT2D eigenvalue weighted by molar-refractivity contribution is 0.536. The summed E-state index contributed by atoms with van der Waals surface area (Å²) in [6, 6.07) is 0. The number of hydrogen-bond acceptors (Lipinski definition) is 2. The van der Waals surface area contributed by atoms with Gasteiger partial charge in [0.25, 0.3) is 0 Å². The van der Waals surface area contributed by atoms with E-state index in [1.54, 1.807) is 0 Å². The van der Waals surface area contributed by atoms with Crippen LogP contribution in [0.15, 0.2) is 18.6 Å². The van der Waals surface area contributed by atoms with Crippen molar-refractivity contribution in [3.05, 3.63) is 24.3 Å². The molecule has 0 bridgehead atoms. The van der Waals surface area contributed by atoms with Crippen LogP contribution in [0, 0.1) is 0 Å². The van der Waals surface area contributed by atoms with Gasteiger partial charge in [-0.3, -0.25) is 0 Å². The van der Waals surface area contributed by atoms with Gasteiger partial charge in [-0.25, -0.2) is 0 Å². The van der Waals surface area contributed by atoms with E-state index in [1.807, 2.05) is 12.4 Å². The molecule has 13 heavy (non-hydrogen) atoms. The Morgan fingerprint density at radius 1 is 1.15 bits per heavy atom. The van der Waals surface area contributed by atoms with Crippen LogP contribution in [0.4, 0.5) is 0 Å². The molecule has 2 aromatic heterocycles. The maximum atomic E-state index is 3.93. The highest BCUT2D eigenvalue weighted by molar-refractivity contribution is 5.84. The van der Waals surface area contributed by atoms with Gasteiger partial charge in [0.15, 0.2) is 0 Å². The lowest BCUT2D eigenvalue weighted by Gasteiger charge is -2.14. The van der Waals surface area contributed by atoms with Crippen molar-refractivity contribution in [2.75, 3.05) is 0 Å². The number of aryl methyl sites for hydroxylation is 2. The van der Waals surface area contributed by atoms with Crippen LogP contribution in [0.2, 0.25) is 0 Å². The molecule has 3 nitrogen and oxygen atoms in total. The van der Waals surface area contributed by atoms with E-state index < -0.39 is 0 Å². The summed E-state index contributed by atoms with van der Waals surface area (Å²) in [4.78, 5) is 0. The van der Waals surface area contributed by atoms with Gasteiger partial charge in [0, 0.05) is 29.2 Å². The second-order valence-corrected chi connectivity index (χ2v) is 3.58. The third-order valence-corrected chi connectivity index (χ3v) is 2.78. The van der Waals surface area contributed by atoms with E-state index in [1.165, 1.54) is 35.7 Å². The van der Waals surface area contributed by atoms with Crippen LogP contribution in [-0.4, -0.2) is 14.8 Å². The Kier molecular flexibility index (Phi) is 1.39. The maximum absolute atomic E-state index is 3.93. The second kappa shape index (κ2) is 2.55. The van der Waals surface area contributed by atoms with Crippen LogP contribution in [-0.2, 0) is 13.0 Å². The van der Waals surface area contributed by atoms with Gasteiger partial charge < -0.3 is 4.57 Å². The summed E-state index contributed by atoms with van der Waals surface area (Å²) in [6.45, 7) is 1.16. The number of hydrogen-bond donors (Lipinski definition) is 0. The molecule has 0 N–H and O–H groups in total. The summed E-state index contributed by atoms with van der Waals surface area (Å²) in [6.07, 6.45) is 9.72. The average molecular weight is 173 g/mol. The zero-order chi connectivity index (χ0) is 8.67. The fraction of sp³-hybridized carbons (Fsp3) is 0.400. The van der Waals surface area contributed by atoms with Crippen LogP contribution >= 0.6 is 0 Å². The van der Waals surface area contributed by atoms with Gasteiger partial charge in [-0.15, -0.1) is 0 Å². The Morgan fingerprint density at radius 2 is 2.08 bits per heavy atom. The highest BCUT2D eigenvalue weighted by Crippen LogP contribution is 2.24. The fourth-order valence-corrected chi connectivity index (χ4v) is 2.13. The summed E-state index contributed by atoms with van der Waals surface area (Å²) in [5.74, 6) is 0. The van der Waals surface area contributed by atoms with E-state index in [0.717, 1.165) is 6.54 Å². The lowest BCUT2D eigenvalue weighted by Crippen LogP contribution is -2.08. The molecule has 3 heterocycles. The Bertz CT molecular complexity index is 444. The monoisotopic (exact) mass is 173 g/mol. The van der Waals surface area contributed by atoms with Gasteiger partial charge in [-0.05, 0) is 19.3 Å². The van der Waals surface area contributed by atoms with Gasteiger partial charge >= 0.3 is 0 Å². The van der Waals surface area contributed by atoms with Crippen molar-refractivity contribution in [2.24, 2.45) is 0 Å². The highest BCUT2D eigenvalue weighted by atomic mass is 15.1. The number of fused-ring (bicyclic) bond motifs is 3. The smallest absolute Gasteiger partial charge is 0.0592 e. The van der Waals surface area contributed by atoms with Gasteiger partial charge in [-0.1, -0.05) is 0 Å². The van der Waals surface area contributed by atoms with Crippen LogP contribution in [0.1, 0.15) is 18.5 Å². The minimum Gasteiger partial charge on any atom is -0.350 e. The topological polar surface area (TPSA) is 30.7 Å². The predicted molar refractivity (Wildman–Crippen MR) is 50.5 cm³/mol. The molecule has 0 aromatic carbocycles. The normalized spacial score (nSPS) is 16.0. The summed E-state index contributed by atoms with van der Waals surface area (Å²) in [5.41, 5.74) is 1.44. The van der Waals surface area contributed by atoms with Crippen LogP contribution in [0.25, 0.3) is 10.8 Å². The molecule has 0 unspecified atom stereocenters. The number of rotatable bonds is 0. The van der Waals surface area contributed by atoms with Gasteiger partial charge in [0.2, 0.25) is 0 Å². The molecule has 3 heteroatoms. The Balaban J connectivity index is 2.34. The minimum atomic E-state index is 1.16. The molecule has 0 saturated heterocycles. The fourth-order valence-electron chi connectivity index (χ4n) is 2.13. The molecule has 3 rings (SSSR count). The van der Waals surface area contributed by atoms with Crippen molar-refractivity contribution in [2.45, 2.75) is 25.8 Å². The van der Waals surface area contributed by atoms with Crippen LogP contribution in [0.5, 0.6) is 0 Å². The molecule has 1 aliphatic rings. The number of nitrogens with zero attached hydrogens (tertiary/aromatic N) is 3. The molecule has 0 atom stereocenters. The zero-order valence-electron chi connectivity index (χ0n) is 7.40. The first-order valence-corrected chi connectivity index (χ1v) is 4.73. The molecular weight excluding hydrogens is 162 g/mol. The largest absolute Gasteiger partial charge is 0.350 e. The summed E-state index contributed by atoms with van der Waals surface area (Å²) >= 11 is 0. The molecule has 0 amide bonds. The maximum Gasteiger partial charge on any atom is 0.0592 e. The predicted octanol–water partition coefficient (Wildman–Crippen LogP) is 1.77. The molecule has 2 aromatic rings. The third-order valence-electron chi connectivity index (χ3n) is 2.78. The van der Waals surface area contributed by atoms with Crippen molar-refractivity contribution in [1.29, 1.82) is 0 Å². The molecule has 0 spiro atoms. The zero-order valence-corrected chi connectivity index (χ0v) is 7.40. The SMILES string of the molecule is c1nncc2c3n(cc12)CCCC3. The molecule has 66 valence electrons. The van der Waals surface area contributed by atoms with E-state index in [9.17, 15) is 0 Å². The molecule has 0 radical (unpaired) electrons. The molecule has 1 aliphatic heterocycles. The van der Waals surface area contributed by atoms with Crippen molar-refractivity contribution in [3.8, 4) is 0 Å². The Labute approximate surface area is 76.4 Å². The molecule has 0 saturated carbocycles. The first-order chi connectivity index (χ1) is 6.45. The quantitative estimate of drug-likeness (QED) is 0.607. The van der Waals surface area contributed by atoms with Gasteiger partial charge in [-0.2, -0.15) is 10.2 Å². The lowest BCUT2D eigenvalue weighted by atomic mass is 10.1. The first kappa shape index (κ1) is 7.06. The van der Waals surface area contributed by atoms with Gasteiger partial charge in [0.05, 0.1) is 12.4 Å². The number of aromatic nitrogens is 3. The van der Waals surface area contributed by atoms with E-state index in [0.29, 0.717) is 0 Å². The first-order valence-electron chi connectivity index (χ1n) is 4.73. The van der Waals surface area contributed by atoms with E-state index >= 15 is 0 Å². The molecular formula is C10H11N3. The Morgan fingerprint density at radius 3 is 3.08 bits per heavy atom. The van der Waals surface area contributed by atoms with Crippen molar-refractivity contribution in [1.82, 2.24) is 14.8 Å². The van der Waals surface area contributed by atoms with Crippen molar-refractivity contribution in [3.63, 3.8) is 0 Å². The van der Waals surface area contributed by atoms with E-state index in [-0.39, 0.29) is 0 Å². The van der Waals surface area contributed by atoms with Crippen molar-refractivity contribution >= 4 is 10.8 Å². The molecule has 0 aliphatic carbocycles.